The van der Waals surface area contributed by atoms with Gasteiger partial charge in [-0.25, -0.2) is 0 Å². The molecule has 0 aliphatic heterocycles. The summed E-state index contributed by atoms with van der Waals surface area (Å²) in [6.45, 7) is 2.10. The maximum atomic E-state index is 5.39. The summed E-state index contributed by atoms with van der Waals surface area (Å²) in [4.78, 5) is 6.36. The van der Waals surface area contributed by atoms with Crippen molar-refractivity contribution in [2.75, 3.05) is 19.5 Å². The second kappa shape index (κ2) is 8.84. The molecule has 0 fully saturated rings. The summed E-state index contributed by atoms with van der Waals surface area (Å²) in [6.07, 6.45) is 2.68. The van der Waals surface area contributed by atoms with Gasteiger partial charge in [0.05, 0.1) is 5.69 Å². The highest BCUT2D eigenvalue weighted by Crippen LogP contribution is 2.12. The summed E-state index contributed by atoms with van der Waals surface area (Å²) in [6, 6.07) is 20.3. The Kier molecular flexibility index (Phi) is 6.04. The Morgan fingerprint density at radius 3 is 2.44 bits per heavy atom. The van der Waals surface area contributed by atoms with Gasteiger partial charge in [-0.15, -0.1) is 0 Å². The van der Waals surface area contributed by atoms with Crippen molar-refractivity contribution in [3.05, 3.63) is 72.4 Å². The van der Waals surface area contributed by atoms with Crippen LogP contribution in [0.5, 0.6) is 0 Å². The Labute approximate surface area is 159 Å². The first-order valence-corrected chi connectivity index (χ1v) is 8.87. The minimum atomic E-state index is 0.165. The fraction of sp³-hybridized carbons (Fsp3) is 0.250. The van der Waals surface area contributed by atoms with E-state index in [9.17, 15) is 0 Å². The predicted octanol–water partition coefficient (Wildman–Crippen LogP) is 2.93. The summed E-state index contributed by atoms with van der Waals surface area (Å²) >= 11 is 0. The van der Waals surface area contributed by atoms with Gasteiger partial charge >= 0.3 is 5.88 Å². The second-order valence-electron chi connectivity index (χ2n) is 6.50. The van der Waals surface area contributed by atoms with Gasteiger partial charge in [-0.05, 0) is 22.4 Å². The molecule has 1 atom stereocenters. The van der Waals surface area contributed by atoms with E-state index in [4.69, 9.17) is 4.52 Å². The molecule has 27 heavy (non-hydrogen) atoms. The van der Waals surface area contributed by atoms with Gasteiger partial charge in [-0.2, -0.15) is 4.99 Å². The van der Waals surface area contributed by atoms with Crippen LogP contribution in [0, 0.1) is 0 Å². The van der Waals surface area contributed by atoms with Gasteiger partial charge in [0, 0.05) is 27.4 Å². The molecule has 0 radical (unpaired) electrons. The average molecular weight is 365 g/mol. The van der Waals surface area contributed by atoms with E-state index < -0.39 is 0 Å². The summed E-state index contributed by atoms with van der Waals surface area (Å²) in [5, 5.41) is 4.11. The van der Waals surface area contributed by atoms with Gasteiger partial charge in [0.1, 0.15) is 0 Å². The molecule has 0 bridgehead atoms. The lowest BCUT2D eigenvalue weighted by Gasteiger charge is -2.17. The van der Waals surface area contributed by atoms with E-state index in [0.29, 0.717) is 11.8 Å². The standard InChI is InChI=1S/C20H24N6O/c1-16(14-17-10-6-4-7-11-17)26-15-19(27-24-26)21-20(25(2)3)23-22-18-12-8-5-9-13-18/h4-13,15-16,24H,14H2,1-3H3/p+1/t16-/m0/s1. The molecule has 0 amide bonds. The number of anilines is 1. The van der Waals surface area contributed by atoms with Gasteiger partial charge < -0.3 is 4.90 Å². The minimum Gasteiger partial charge on any atom is -0.347 e. The van der Waals surface area contributed by atoms with Crippen molar-refractivity contribution in [2.24, 2.45) is 4.99 Å². The zero-order valence-corrected chi connectivity index (χ0v) is 15.8. The molecule has 2 aromatic carbocycles. The second-order valence-corrected chi connectivity index (χ2v) is 6.50. The zero-order chi connectivity index (χ0) is 19.1. The number of nitrogens with zero attached hydrogens (tertiary/aromatic N) is 4. The fourth-order valence-corrected chi connectivity index (χ4v) is 2.55. The van der Waals surface area contributed by atoms with Gasteiger partial charge in [-0.1, -0.05) is 48.5 Å². The highest BCUT2D eigenvalue weighted by Gasteiger charge is 2.20. The van der Waals surface area contributed by atoms with Gasteiger partial charge in [0.25, 0.3) is 6.20 Å². The number of hydrogen-bond acceptors (Lipinski definition) is 4. The topological polar surface area (TPSA) is 69.6 Å². The number of aromatic nitrogens is 2. The number of guanidine groups is 1. The zero-order valence-electron chi connectivity index (χ0n) is 15.8. The Hall–Kier alpha value is -3.35. The number of hydrogen-bond donors (Lipinski definition) is 2. The van der Waals surface area contributed by atoms with Crippen LogP contribution < -0.4 is 15.5 Å². The molecule has 0 spiro atoms. The Morgan fingerprint density at radius 2 is 1.78 bits per heavy atom. The molecule has 7 nitrogen and oxygen atoms in total. The molecule has 140 valence electrons. The molecule has 7 heteroatoms. The lowest BCUT2D eigenvalue weighted by Crippen LogP contribution is -2.40. The molecule has 0 unspecified atom stereocenters. The van der Waals surface area contributed by atoms with E-state index in [2.05, 4.69) is 40.2 Å². The van der Waals surface area contributed by atoms with Crippen LogP contribution in [0.1, 0.15) is 18.5 Å². The minimum absolute atomic E-state index is 0.165. The van der Waals surface area contributed by atoms with Crippen molar-refractivity contribution in [1.29, 1.82) is 0 Å². The quantitative estimate of drug-likeness (QED) is 0.304. The van der Waals surface area contributed by atoms with Crippen LogP contribution in [0.25, 0.3) is 0 Å². The van der Waals surface area contributed by atoms with Gasteiger partial charge in [0.15, 0.2) is 6.04 Å². The van der Waals surface area contributed by atoms with E-state index in [-0.39, 0.29) is 6.04 Å². The summed E-state index contributed by atoms with van der Waals surface area (Å²) in [5.41, 5.74) is 8.41. The average Bonchev–Trinajstić information content (AvgIpc) is 3.15. The largest absolute Gasteiger partial charge is 0.347 e. The van der Waals surface area contributed by atoms with Crippen molar-refractivity contribution in [2.45, 2.75) is 19.4 Å². The van der Waals surface area contributed by atoms with Crippen molar-refractivity contribution >= 4 is 17.5 Å². The number of hydrazine groups is 1. The molecular weight excluding hydrogens is 340 g/mol. The number of para-hydroxylation sites is 1. The van der Waals surface area contributed by atoms with Crippen molar-refractivity contribution < 1.29 is 9.20 Å². The van der Waals surface area contributed by atoms with E-state index >= 15 is 0 Å². The monoisotopic (exact) mass is 365 g/mol. The molecule has 2 N–H and O–H groups in total. The third-order valence-corrected chi connectivity index (χ3v) is 4.03. The first kappa shape index (κ1) is 18.4. The van der Waals surface area contributed by atoms with Crippen LogP contribution in [0.4, 0.5) is 11.6 Å². The van der Waals surface area contributed by atoms with Crippen LogP contribution >= 0.6 is 0 Å². The van der Waals surface area contributed by atoms with Gasteiger partial charge in [-0.3, -0.25) is 15.4 Å². The molecule has 0 saturated carbocycles. The van der Waals surface area contributed by atoms with Crippen LogP contribution in [0.3, 0.4) is 0 Å². The fourth-order valence-electron chi connectivity index (χ4n) is 2.55. The van der Waals surface area contributed by atoms with Crippen LogP contribution in [-0.4, -0.2) is 30.2 Å². The SMILES string of the molecule is C[C@@H](Cc1ccccc1)[n+]1cc(N=C(NNc2ccccc2)N(C)C)on1. The van der Waals surface area contributed by atoms with Crippen molar-refractivity contribution in [1.82, 2.24) is 15.6 Å². The normalized spacial score (nSPS) is 12.5. The molecule has 3 rings (SSSR count). The van der Waals surface area contributed by atoms with Gasteiger partial charge in [0.2, 0.25) is 11.2 Å². The summed E-state index contributed by atoms with van der Waals surface area (Å²) in [5.74, 6) is 1.04. The molecule has 0 saturated heterocycles. The molecule has 1 aromatic heterocycles. The third kappa shape index (κ3) is 5.31. The number of aliphatic imine (C=N–C) groups is 1. The summed E-state index contributed by atoms with van der Waals surface area (Å²) < 4.78 is 7.18. The lowest BCUT2D eigenvalue weighted by atomic mass is 10.1. The highest BCUT2D eigenvalue weighted by atomic mass is 16.5. The summed E-state index contributed by atoms with van der Waals surface area (Å²) in [7, 11) is 3.81. The van der Waals surface area contributed by atoms with E-state index in [0.717, 1.165) is 12.1 Å². The predicted molar refractivity (Wildman–Crippen MR) is 106 cm³/mol. The molecule has 0 aliphatic carbocycles. The first-order valence-electron chi connectivity index (χ1n) is 8.87. The van der Waals surface area contributed by atoms with Crippen LogP contribution in [0.2, 0.25) is 0 Å². The molecule has 0 aliphatic rings. The maximum absolute atomic E-state index is 5.39. The molecule has 1 heterocycles. The molecular formula is C20H25N6O+. The number of nitrogens with one attached hydrogen (secondary N) is 2. The Bertz CT molecular complexity index is 860. The first-order chi connectivity index (χ1) is 13.1. The van der Waals surface area contributed by atoms with Crippen LogP contribution in [-0.2, 0) is 6.42 Å². The molecule has 3 aromatic rings. The maximum Gasteiger partial charge on any atom is 0.324 e. The van der Waals surface area contributed by atoms with Crippen LogP contribution in [0.15, 0.2) is 76.4 Å². The van der Waals surface area contributed by atoms with Crippen molar-refractivity contribution in [3.63, 3.8) is 0 Å². The smallest absolute Gasteiger partial charge is 0.324 e. The Balaban J connectivity index is 1.67. The third-order valence-electron chi connectivity index (χ3n) is 4.03. The van der Waals surface area contributed by atoms with E-state index in [1.165, 1.54) is 5.56 Å². The lowest BCUT2D eigenvalue weighted by molar-refractivity contribution is -0.782. The number of benzene rings is 2. The Morgan fingerprint density at radius 1 is 1.11 bits per heavy atom. The number of rotatable bonds is 6. The van der Waals surface area contributed by atoms with Crippen molar-refractivity contribution in [3.8, 4) is 0 Å². The highest BCUT2D eigenvalue weighted by molar-refractivity contribution is 5.82. The van der Waals surface area contributed by atoms with E-state index in [1.807, 2.05) is 67.5 Å². The van der Waals surface area contributed by atoms with E-state index in [1.54, 1.807) is 10.9 Å².